The number of ketones is 1. The molecule has 1 N–H and O–H groups in total. The molecule has 0 saturated heterocycles. The van der Waals surface area contributed by atoms with Crippen LogP contribution in [0.15, 0.2) is 36.5 Å². The van der Waals surface area contributed by atoms with Gasteiger partial charge in [-0.25, -0.2) is 0 Å². The van der Waals surface area contributed by atoms with Crippen LogP contribution >= 0.6 is 0 Å². The molecule has 1 nitrogen and oxygen atoms in total. The van der Waals surface area contributed by atoms with Gasteiger partial charge < -0.3 is 0 Å². The van der Waals surface area contributed by atoms with Crippen molar-refractivity contribution in [2.24, 2.45) is 0 Å². The summed E-state index contributed by atoms with van der Waals surface area (Å²) >= 11 is 0. The van der Waals surface area contributed by atoms with Gasteiger partial charge in [-0.15, -0.1) is 0 Å². The first-order valence-electron chi connectivity index (χ1n) is 2.40. The lowest BCUT2D eigenvalue weighted by Crippen LogP contribution is -1.90. The van der Waals surface area contributed by atoms with E-state index in [0.717, 1.165) is 5.57 Å². The first kappa shape index (κ1) is 5.04. The zero-order valence-corrected chi connectivity index (χ0v) is 4.46. The Balaban J connectivity index is 2.83. The summed E-state index contributed by atoms with van der Waals surface area (Å²) in [5.41, 5.74) is 0.919. The minimum Gasteiger partial charge on any atom is -0.274 e. The molecular formula is C7H7O+. The molecule has 0 aromatic heterocycles. The van der Waals surface area contributed by atoms with Gasteiger partial charge in [0.25, 0.3) is 0 Å². The molecule has 0 unspecified atom stereocenters. The Bertz CT molecular complexity index is 147. The molecule has 1 aliphatic carbocycles. The van der Waals surface area contributed by atoms with Crippen molar-refractivity contribution in [3.8, 4) is 0 Å². The lowest BCUT2D eigenvalue weighted by Gasteiger charge is -1.88. The van der Waals surface area contributed by atoms with Crippen molar-refractivity contribution in [3.63, 3.8) is 0 Å². The Kier molecular flexibility index (Phi) is 1.12. The predicted octanol–water partition coefficient (Wildman–Crippen LogP) is 1.21. The second-order valence-corrected chi connectivity index (χ2v) is 1.67. The van der Waals surface area contributed by atoms with E-state index in [-0.39, 0.29) is 5.78 Å². The maximum Gasteiger partial charge on any atom is 0.340 e. The first-order chi connectivity index (χ1) is 3.79. The molecule has 1 rings (SSSR count). The average molecular weight is 107 g/mol. The van der Waals surface area contributed by atoms with Crippen LogP contribution < -0.4 is 0 Å². The number of rotatable bonds is 0. The Labute approximate surface area is 48.0 Å². The standard InChI is InChI=1S/C7H6O/c1-6-2-4-7(8)5-3-6/h2-5H,1H2/p+1. The van der Waals surface area contributed by atoms with Crippen molar-refractivity contribution in [2.45, 2.75) is 0 Å². The van der Waals surface area contributed by atoms with Crippen LogP contribution in [0.4, 0.5) is 0 Å². The lowest BCUT2D eigenvalue weighted by molar-refractivity contribution is 0.683. The molecule has 0 radical (unpaired) electrons. The Morgan fingerprint density at radius 2 is 1.62 bits per heavy atom. The third-order valence-corrected chi connectivity index (χ3v) is 0.936. The fourth-order valence-corrected chi connectivity index (χ4v) is 0.496. The summed E-state index contributed by atoms with van der Waals surface area (Å²) in [4.78, 5) is 8.73. The zero-order valence-electron chi connectivity index (χ0n) is 4.46. The molecule has 0 spiro atoms. The molecule has 0 aliphatic heterocycles. The van der Waals surface area contributed by atoms with Crippen LogP contribution in [-0.4, -0.2) is 10.6 Å². The van der Waals surface area contributed by atoms with Gasteiger partial charge in [0.05, 0.1) is 0 Å². The van der Waals surface area contributed by atoms with Gasteiger partial charge in [-0.3, -0.25) is 4.79 Å². The second kappa shape index (κ2) is 1.78. The van der Waals surface area contributed by atoms with Crippen molar-refractivity contribution < 1.29 is 4.79 Å². The molecule has 1 aliphatic rings. The van der Waals surface area contributed by atoms with Gasteiger partial charge in [-0.2, -0.15) is 0 Å². The van der Waals surface area contributed by atoms with E-state index in [1.807, 2.05) is 0 Å². The zero-order chi connectivity index (χ0) is 5.98. The van der Waals surface area contributed by atoms with Gasteiger partial charge in [0, 0.05) is 12.2 Å². The van der Waals surface area contributed by atoms with Crippen molar-refractivity contribution in [1.29, 1.82) is 0 Å². The third-order valence-electron chi connectivity index (χ3n) is 0.936. The normalized spacial score (nSPS) is 17.5. The number of hydrogen-bond acceptors (Lipinski definition) is 0. The molecule has 8 heavy (non-hydrogen) atoms. The fourth-order valence-electron chi connectivity index (χ4n) is 0.496. The van der Waals surface area contributed by atoms with Crippen LogP contribution in [0, 0.1) is 0 Å². The maximum atomic E-state index is 8.73. The van der Waals surface area contributed by atoms with E-state index in [0.29, 0.717) is 0 Å². The quantitative estimate of drug-likeness (QED) is 0.415. The maximum absolute atomic E-state index is 8.73. The van der Waals surface area contributed by atoms with Gasteiger partial charge >= 0.3 is 5.78 Å². The highest BCUT2D eigenvalue weighted by atomic mass is 16.1. The first-order valence-corrected chi connectivity index (χ1v) is 2.40. The molecule has 0 aromatic rings. The molecule has 1 heteroatoms. The molecule has 0 saturated carbocycles. The molecule has 0 atom stereocenters. The van der Waals surface area contributed by atoms with Crippen molar-refractivity contribution in [1.82, 2.24) is 0 Å². The summed E-state index contributed by atoms with van der Waals surface area (Å²) in [6, 6.07) is 0. The molecule has 0 fully saturated rings. The van der Waals surface area contributed by atoms with E-state index >= 15 is 0 Å². The van der Waals surface area contributed by atoms with E-state index in [2.05, 4.69) is 6.58 Å². The van der Waals surface area contributed by atoms with Gasteiger partial charge in [0.1, 0.15) is 0 Å². The van der Waals surface area contributed by atoms with E-state index < -0.39 is 0 Å². The Morgan fingerprint density at radius 3 is 2.00 bits per heavy atom. The molecular weight excluding hydrogens is 100 g/mol. The molecule has 0 bridgehead atoms. The highest BCUT2D eigenvalue weighted by Gasteiger charge is 1.99. The topological polar surface area (TPSA) is 21.4 Å². The summed E-state index contributed by atoms with van der Waals surface area (Å²) in [6.07, 6.45) is 6.75. The third kappa shape index (κ3) is 0.936. The van der Waals surface area contributed by atoms with Crippen molar-refractivity contribution in [2.75, 3.05) is 0 Å². The molecule has 40 valence electrons. The number of carbonyl (C=O) groups excluding carboxylic acids is 1. The number of hydrogen-bond donors (Lipinski definition) is 0. The number of allylic oxidation sites excluding steroid dienone is 5. The van der Waals surface area contributed by atoms with Crippen molar-refractivity contribution in [3.05, 3.63) is 36.5 Å². The predicted molar refractivity (Wildman–Crippen MR) is 34.4 cm³/mol. The average Bonchev–Trinajstić information content (AvgIpc) is 1.77. The van der Waals surface area contributed by atoms with Crippen LogP contribution in [0.3, 0.4) is 0 Å². The fraction of sp³-hybridized carbons (Fsp3) is 0. The minimum absolute atomic E-state index is 0.289. The van der Waals surface area contributed by atoms with Gasteiger partial charge in [0.15, 0.2) is 0 Å². The van der Waals surface area contributed by atoms with Crippen LogP contribution in [0.2, 0.25) is 0 Å². The van der Waals surface area contributed by atoms with E-state index in [1.54, 1.807) is 24.3 Å². The molecule has 0 aromatic carbocycles. The smallest absolute Gasteiger partial charge is 0.274 e. The summed E-state index contributed by atoms with van der Waals surface area (Å²) in [6.45, 7) is 3.65. The minimum atomic E-state index is 0.289. The van der Waals surface area contributed by atoms with E-state index in [9.17, 15) is 0 Å². The summed E-state index contributed by atoms with van der Waals surface area (Å²) in [5, 5.41) is 0. The largest absolute Gasteiger partial charge is 0.340 e. The van der Waals surface area contributed by atoms with Crippen LogP contribution in [0.1, 0.15) is 0 Å². The van der Waals surface area contributed by atoms with Crippen LogP contribution in [-0.2, 0) is 0 Å². The Hall–Kier alpha value is -1.11. The highest BCUT2D eigenvalue weighted by molar-refractivity contribution is 6.02. The molecule has 0 heterocycles. The van der Waals surface area contributed by atoms with Gasteiger partial charge in [-0.1, -0.05) is 6.58 Å². The summed E-state index contributed by atoms with van der Waals surface area (Å²) in [7, 11) is 0. The van der Waals surface area contributed by atoms with E-state index in [4.69, 9.17) is 4.79 Å². The second-order valence-electron chi connectivity index (χ2n) is 1.67. The Morgan fingerprint density at radius 1 is 1.12 bits per heavy atom. The van der Waals surface area contributed by atoms with Gasteiger partial charge in [-0.05, 0) is 17.7 Å². The summed E-state index contributed by atoms with van der Waals surface area (Å²) in [5.74, 6) is 0.289. The molecule has 0 amide bonds. The van der Waals surface area contributed by atoms with Crippen LogP contribution in [0.5, 0.6) is 0 Å². The van der Waals surface area contributed by atoms with Gasteiger partial charge in [0.2, 0.25) is 0 Å². The SMILES string of the molecule is C=C1C=CC(=[OH+])C=C1. The van der Waals surface area contributed by atoms with Crippen LogP contribution in [0.25, 0.3) is 0 Å². The summed E-state index contributed by atoms with van der Waals surface area (Å²) < 4.78 is 0. The highest BCUT2D eigenvalue weighted by Crippen LogP contribution is 2.00. The van der Waals surface area contributed by atoms with Crippen molar-refractivity contribution >= 4 is 5.78 Å². The lowest BCUT2D eigenvalue weighted by atomic mass is 10.1. The monoisotopic (exact) mass is 107 g/mol. The van der Waals surface area contributed by atoms with E-state index in [1.165, 1.54) is 0 Å².